The average molecular weight is 466 g/mol. The summed E-state index contributed by atoms with van der Waals surface area (Å²) < 4.78 is 46.6. The lowest BCUT2D eigenvalue weighted by Crippen LogP contribution is -2.54. The average Bonchev–Trinajstić information content (AvgIpc) is 3.47. The molecule has 4 rings (SSSR count). The number of hydrogen-bond acceptors (Lipinski definition) is 5. The first kappa shape index (κ1) is 22.9. The standard InChI is InChI=1S/C22H25F3N4O4/c1-14(30)28-9-3-5-18(13-28)29(17-7-8-17)21(31)26-12-16-11-20(33-27-16)15-4-2-6-19(10-15)32-22(23,24)25/h2,4,6,10-11,17-18H,3,5,7-9,12-13H2,1H3,(H,26,31)/t18-/m1/s1. The zero-order chi connectivity index (χ0) is 23.6. The van der Waals surface area contributed by atoms with Crippen LogP contribution in [0.1, 0.15) is 38.3 Å². The molecule has 0 spiro atoms. The largest absolute Gasteiger partial charge is 0.573 e. The highest BCUT2D eigenvalue weighted by Crippen LogP contribution is 2.32. The second-order valence-corrected chi connectivity index (χ2v) is 8.32. The molecule has 1 aliphatic heterocycles. The van der Waals surface area contributed by atoms with Gasteiger partial charge in [-0.05, 0) is 37.8 Å². The highest BCUT2D eigenvalue weighted by atomic mass is 19.4. The van der Waals surface area contributed by atoms with Crippen molar-refractivity contribution in [1.29, 1.82) is 0 Å². The van der Waals surface area contributed by atoms with Crippen LogP contribution in [0.4, 0.5) is 18.0 Å². The number of halogens is 3. The van der Waals surface area contributed by atoms with E-state index >= 15 is 0 Å². The molecule has 33 heavy (non-hydrogen) atoms. The molecular formula is C22H25F3N4O4. The van der Waals surface area contributed by atoms with E-state index in [1.165, 1.54) is 25.1 Å². The number of carbonyl (C=O) groups is 2. The number of urea groups is 1. The van der Waals surface area contributed by atoms with Gasteiger partial charge in [-0.1, -0.05) is 17.3 Å². The van der Waals surface area contributed by atoms with Crippen LogP contribution in [0, 0.1) is 0 Å². The van der Waals surface area contributed by atoms with Crippen molar-refractivity contribution in [2.75, 3.05) is 13.1 Å². The summed E-state index contributed by atoms with van der Waals surface area (Å²) >= 11 is 0. The molecule has 1 saturated heterocycles. The Hall–Kier alpha value is -3.24. The number of carbonyl (C=O) groups excluding carboxylic acids is 2. The van der Waals surface area contributed by atoms with Gasteiger partial charge in [-0.3, -0.25) is 4.79 Å². The van der Waals surface area contributed by atoms with Crippen LogP contribution in [0.5, 0.6) is 5.75 Å². The van der Waals surface area contributed by atoms with Crippen LogP contribution in [0.25, 0.3) is 11.3 Å². The number of likely N-dealkylation sites (tertiary alicyclic amines) is 1. The Morgan fingerprint density at radius 2 is 2.03 bits per heavy atom. The summed E-state index contributed by atoms with van der Waals surface area (Å²) in [5, 5.41) is 6.77. The van der Waals surface area contributed by atoms with Crippen LogP contribution in [-0.4, -0.2) is 58.4 Å². The van der Waals surface area contributed by atoms with Crippen LogP contribution < -0.4 is 10.1 Å². The fourth-order valence-electron chi connectivity index (χ4n) is 4.09. The van der Waals surface area contributed by atoms with Crippen molar-refractivity contribution in [3.8, 4) is 17.1 Å². The van der Waals surface area contributed by atoms with Crippen molar-refractivity contribution in [2.24, 2.45) is 0 Å². The summed E-state index contributed by atoms with van der Waals surface area (Å²) in [6, 6.07) is 6.87. The van der Waals surface area contributed by atoms with Gasteiger partial charge in [-0.2, -0.15) is 0 Å². The van der Waals surface area contributed by atoms with E-state index in [0.29, 0.717) is 24.3 Å². The lowest BCUT2D eigenvalue weighted by Gasteiger charge is -2.39. The molecule has 1 aromatic carbocycles. The lowest BCUT2D eigenvalue weighted by atomic mass is 10.0. The molecular weight excluding hydrogens is 441 g/mol. The molecule has 0 bridgehead atoms. The first-order valence-electron chi connectivity index (χ1n) is 10.8. The maximum atomic E-state index is 13.0. The van der Waals surface area contributed by atoms with Crippen LogP contribution in [0.3, 0.4) is 0 Å². The Labute approximate surface area is 188 Å². The Morgan fingerprint density at radius 1 is 1.24 bits per heavy atom. The minimum Gasteiger partial charge on any atom is -0.406 e. The second kappa shape index (κ2) is 9.32. The summed E-state index contributed by atoms with van der Waals surface area (Å²) in [7, 11) is 0. The summed E-state index contributed by atoms with van der Waals surface area (Å²) in [4.78, 5) is 28.3. The third-order valence-electron chi connectivity index (χ3n) is 5.74. The SMILES string of the molecule is CC(=O)N1CCC[C@@H](N(C(=O)NCc2cc(-c3cccc(OC(F)(F)F)c3)on2)C2CC2)C1. The van der Waals surface area contributed by atoms with E-state index in [-0.39, 0.29) is 42.1 Å². The third-order valence-corrected chi connectivity index (χ3v) is 5.74. The van der Waals surface area contributed by atoms with Crippen LogP contribution in [0.2, 0.25) is 0 Å². The van der Waals surface area contributed by atoms with Crippen molar-refractivity contribution in [2.45, 2.75) is 57.6 Å². The minimum atomic E-state index is -4.79. The first-order chi connectivity index (χ1) is 15.7. The topological polar surface area (TPSA) is 87.9 Å². The smallest absolute Gasteiger partial charge is 0.406 e. The molecule has 3 amide bonds. The van der Waals surface area contributed by atoms with Gasteiger partial charge in [0.2, 0.25) is 5.91 Å². The minimum absolute atomic E-state index is 0.00989. The first-order valence-corrected chi connectivity index (χ1v) is 10.8. The molecule has 1 saturated carbocycles. The van der Waals surface area contributed by atoms with Gasteiger partial charge < -0.3 is 24.4 Å². The number of hydrogen-bond donors (Lipinski definition) is 1. The van der Waals surface area contributed by atoms with E-state index in [9.17, 15) is 22.8 Å². The number of amides is 3. The molecule has 0 radical (unpaired) electrons. The van der Waals surface area contributed by atoms with E-state index in [1.807, 2.05) is 4.90 Å². The van der Waals surface area contributed by atoms with E-state index in [2.05, 4.69) is 15.2 Å². The Bertz CT molecular complexity index is 1010. The molecule has 2 aliphatic rings. The van der Waals surface area contributed by atoms with E-state index < -0.39 is 6.36 Å². The normalized spacial score (nSPS) is 18.7. The van der Waals surface area contributed by atoms with Crippen molar-refractivity contribution in [1.82, 2.24) is 20.3 Å². The molecule has 1 aromatic heterocycles. The van der Waals surface area contributed by atoms with Crippen molar-refractivity contribution >= 4 is 11.9 Å². The van der Waals surface area contributed by atoms with Crippen LogP contribution in [-0.2, 0) is 11.3 Å². The van der Waals surface area contributed by atoms with Gasteiger partial charge in [0.15, 0.2) is 5.76 Å². The monoisotopic (exact) mass is 466 g/mol. The van der Waals surface area contributed by atoms with Crippen molar-refractivity contribution < 1.29 is 32.0 Å². The molecule has 11 heteroatoms. The number of alkyl halides is 3. The van der Waals surface area contributed by atoms with E-state index in [4.69, 9.17) is 4.52 Å². The third kappa shape index (κ3) is 5.96. The highest BCUT2D eigenvalue weighted by molar-refractivity contribution is 5.76. The zero-order valence-corrected chi connectivity index (χ0v) is 18.1. The van der Waals surface area contributed by atoms with Gasteiger partial charge in [0.25, 0.3) is 0 Å². The molecule has 1 atom stereocenters. The molecule has 1 aliphatic carbocycles. The lowest BCUT2D eigenvalue weighted by molar-refractivity contribution is -0.274. The molecule has 2 aromatic rings. The summed E-state index contributed by atoms with van der Waals surface area (Å²) in [6.07, 6.45) is -1.21. The second-order valence-electron chi connectivity index (χ2n) is 8.32. The van der Waals surface area contributed by atoms with Gasteiger partial charge in [0, 0.05) is 37.7 Å². The Morgan fingerprint density at radius 3 is 2.73 bits per heavy atom. The fraction of sp³-hybridized carbons (Fsp3) is 0.500. The van der Waals surface area contributed by atoms with E-state index in [1.54, 1.807) is 17.0 Å². The van der Waals surface area contributed by atoms with Crippen molar-refractivity contribution in [3.05, 3.63) is 36.0 Å². The Balaban J connectivity index is 1.38. The molecule has 1 N–H and O–H groups in total. The number of nitrogens with zero attached hydrogens (tertiary/aromatic N) is 3. The van der Waals surface area contributed by atoms with Crippen LogP contribution >= 0.6 is 0 Å². The van der Waals surface area contributed by atoms with Crippen molar-refractivity contribution in [3.63, 3.8) is 0 Å². The highest BCUT2D eigenvalue weighted by Gasteiger charge is 2.39. The molecule has 178 valence electrons. The quantitative estimate of drug-likeness (QED) is 0.697. The number of nitrogens with one attached hydrogen (secondary N) is 1. The number of benzene rings is 1. The van der Waals surface area contributed by atoms with Crippen LogP contribution in [0.15, 0.2) is 34.9 Å². The molecule has 2 heterocycles. The predicted molar refractivity (Wildman–Crippen MR) is 111 cm³/mol. The summed E-state index contributed by atoms with van der Waals surface area (Å²) in [5.74, 6) is -0.0931. The molecule has 8 nitrogen and oxygen atoms in total. The van der Waals surface area contributed by atoms with Gasteiger partial charge in [-0.15, -0.1) is 13.2 Å². The fourth-order valence-corrected chi connectivity index (χ4v) is 4.09. The molecule has 2 fully saturated rings. The van der Waals surface area contributed by atoms with Gasteiger partial charge in [0.1, 0.15) is 11.4 Å². The Kier molecular flexibility index (Phi) is 6.48. The number of ether oxygens (including phenoxy) is 1. The number of piperidine rings is 1. The summed E-state index contributed by atoms with van der Waals surface area (Å²) in [5.41, 5.74) is 0.804. The predicted octanol–water partition coefficient (Wildman–Crippen LogP) is 3.93. The number of aromatic nitrogens is 1. The maximum Gasteiger partial charge on any atom is 0.573 e. The van der Waals surface area contributed by atoms with Gasteiger partial charge in [-0.25, -0.2) is 4.79 Å². The van der Waals surface area contributed by atoms with Gasteiger partial charge in [0.05, 0.1) is 12.6 Å². The summed E-state index contributed by atoms with van der Waals surface area (Å²) in [6.45, 7) is 2.89. The van der Waals surface area contributed by atoms with E-state index in [0.717, 1.165) is 25.7 Å². The molecule has 0 unspecified atom stereocenters. The maximum absolute atomic E-state index is 13.0. The zero-order valence-electron chi connectivity index (χ0n) is 18.1. The van der Waals surface area contributed by atoms with Gasteiger partial charge >= 0.3 is 12.4 Å². The number of rotatable bonds is 6.